The molecule has 4 nitrogen and oxygen atoms in total. The molecule has 2 heterocycles. The number of halogens is 3. The quantitative estimate of drug-likeness (QED) is 0.696. The van der Waals surface area contributed by atoms with Gasteiger partial charge in [-0.05, 0) is 6.42 Å². The lowest BCUT2D eigenvalue weighted by Gasteiger charge is -2.07. The van der Waals surface area contributed by atoms with Crippen molar-refractivity contribution in [3.05, 3.63) is 41.5 Å². The van der Waals surface area contributed by atoms with E-state index < -0.39 is 11.6 Å². The maximum Gasteiger partial charge on any atom is 0.153 e. The first-order valence-corrected chi connectivity index (χ1v) is 7.03. The highest BCUT2D eigenvalue weighted by Crippen LogP contribution is 2.27. The molecule has 0 amide bonds. The minimum atomic E-state index is -0.697. The zero-order valence-electron chi connectivity index (χ0n) is 11.6. The first kappa shape index (κ1) is 14.0. The van der Waals surface area contributed by atoms with E-state index in [2.05, 4.69) is 10.1 Å². The molecule has 3 rings (SSSR count). The number of imidazole rings is 1. The molecule has 0 fully saturated rings. The second-order valence-electron chi connectivity index (χ2n) is 4.74. The molecule has 2 aromatic heterocycles. The van der Waals surface area contributed by atoms with E-state index in [1.54, 1.807) is 22.5 Å². The molecule has 0 saturated carbocycles. The van der Waals surface area contributed by atoms with Crippen molar-refractivity contribution in [3.8, 4) is 5.69 Å². The summed E-state index contributed by atoms with van der Waals surface area (Å²) in [4.78, 5) is 4.19. The monoisotopic (exact) mass is 310 g/mol. The van der Waals surface area contributed by atoms with Gasteiger partial charge in [0, 0.05) is 25.4 Å². The third-order valence-electron chi connectivity index (χ3n) is 3.33. The maximum atomic E-state index is 13.9. The van der Waals surface area contributed by atoms with Gasteiger partial charge < -0.3 is 0 Å². The fraction of sp³-hybridized carbons (Fsp3) is 0.286. The smallest absolute Gasteiger partial charge is 0.153 e. The van der Waals surface area contributed by atoms with Gasteiger partial charge in [0.2, 0.25) is 0 Å². The molecule has 0 aliphatic heterocycles. The van der Waals surface area contributed by atoms with Crippen molar-refractivity contribution in [1.82, 2.24) is 19.3 Å². The molecular weight excluding hydrogens is 298 g/mol. The molecule has 0 bridgehead atoms. The summed E-state index contributed by atoms with van der Waals surface area (Å²) in [6.07, 6.45) is 2.48. The van der Waals surface area contributed by atoms with Crippen molar-refractivity contribution in [2.24, 2.45) is 7.05 Å². The Bertz CT molecular complexity index is 822. The van der Waals surface area contributed by atoms with E-state index in [1.807, 2.05) is 6.92 Å². The second-order valence-corrected chi connectivity index (χ2v) is 5.01. The summed E-state index contributed by atoms with van der Waals surface area (Å²) in [5.74, 6) is -0.798. The van der Waals surface area contributed by atoms with Crippen LogP contribution in [0.2, 0.25) is 0 Å². The summed E-state index contributed by atoms with van der Waals surface area (Å²) in [5.41, 5.74) is 2.01. The Morgan fingerprint density at radius 3 is 2.71 bits per heavy atom. The molecule has 1 aromatic carbocycles. The zero-order valence-corrected chi connectivity index (χ0v) is 12.3. The number of benzene rings is 1. The molecule has 0 atom stereocenters. The van der Waals surface area contributed by atoms with Crippen LogP contribution in [0.15, 0.2) is 18.3 Å². The highest BCUT2D eigenvalue weighted by atomic mass is 35.5. The maximum absolute atomic E-state index is 13.9. The van der Waals surface area contributed by atoms with Crippen molar-refractivity contribution < 1.29 is 8.78 Å². The lowest BCUT2D eigenvalue weighted by atomic mass is 10.2. The molecule has 0 saturated heterocycles. The van der Waals surface area contributed by atoms with E-state index in [0.29, 0.717) is 17.8 Å². The minimum absolute atomic E-state index is 0.0911. The first-order chi connectivity index (χ1) is 10.0. The van der Waals surface area contributed by atoms with Crippen LogP contribution >= 0.6 is 11.6 Å². The minimum Gasteiger partial charge on any atom is -0.292 e. The normalized spacial score (nSPS) is 11.5. The van der Waals surface area contributed by atoms with Gasteiger partial charge in [0.15, 0.2) is 5.82 Å². The van der Waals surface area contributed by atoms with Gasteiger partial charge in [-0.15, -0.1) is 11.6 Å². The van der Waals surface area contributed by atoms with Crippen molar-refractivity contribution in [1.29, 1.82) is 0 Å². The Labute approximate surface area is 125 Å². The van der Waals surface area contributed by atoms with Crippen LogP contribution in [0.1, 0.15) is 18.4 Å². The highest BCUT2D eigenvalue weighted by molar-refractivity contribution is 6.17. The third-order valence-corrected chi connectivity index (χ3v) is 3.57. The van der Waals surface area contributed by atoms with Gasteiger partial charge in [-0.3, -0.25) is 9.25 Å². The molecule has 7 heteroatoms. The van der Waals surface area contributed by atoms with Crippen LogP contribution in [-0.2, 0) is 19.3 Å². The van der Waals surface area contributed by atoms with Crippen LogP contribution < -0.4 is 0 Å². The van der Waals surface area contributed by atoms with Gasteiger partial charge in [0.05, 0.1) is 22.8 Å². The van der Waals surface area contributed by atoms with Crippen LogP contribution in [0.25, 0.3) is 16.7 Å². The Balaban J connectivity index is 2.39. The fourth-order valence-corrected chi connectivity index (χ4v) is 2.65. The van der Waals surface area contributed by atoms with Gasteiger partial charge in [-0.2, -0.15) is 5.10 Å². The van der Waals surface area contributed by atoms with Gasteiger partial charge in [0.25, 0.3) is 0 Å². The van der Waals surface area contributed by atoms with Crippen LogP contribution in [0.5, 0.6) is 0 Å². The fourth-order valence-electron chi connectivity index (χ4n) is 2.47. The molecule has 0 spiro atoms. The molecule has 0 aliphatic rings. The largest absolute Gasteiger partial charge is 0.292 e. The summed E-state index contributed by atoms with van der Waals surface area (Å²) in [6, 6.07) is 2.08. The van der Waals surface area contributed by atoms with Gasteiger partial charge in [-0.25, -0.2) is 13.8 Å². The second kappa shape index (κ2) is 5.11. The Kier molecular flexibility index (Phi) is 3.41. The molecule has 0 aliphatic carbocycles. The van der Waals surface area contributed by atoms with Crippen LogP contribution in [0.4, 0.5) is 8.78 Å². The van der Waals surface area contributed by atoms with E-state index in [1.165, 1.54) is 6.07 Å². The first-order valence-electron chi connectivity index (χ1n) is 6.50. The molecular formula is C14H13ClF2N4. The summed E-state index contributed by atoms with van der Waals surface area (Å²) < 4.78 is 30.8. The van der Waals surface area contributed by atoms with E-state index in [9.17, 15) is 8.78 Å². The number of alkyl halides is 1. The summed E-state index contributed by atoms with van der Waals surface area (Å²) >= 11 is 5.92. The van der Waals surface area contributed by atoms with Gasteiger partial charge in [-0.1, -0.05) is 6.92 Å². The number of hydrogen-bond acceptors (Lipinski definition) is 2. The van der Waals surface area contributed by atoms with E-state index in [0.717, 1.165) is 17.4 Å². The van der Waals surface area contributed by atoms with Gasteiger partial charge in [0.1, 0.15) is 17.2 Å². The number of aryl methyl sites for hydroxylation is 2. The van der Waals surface area contributed by atoms with E-state index in [4.69, 9.17) is 11.6 Å². The van der Waals surface area contributed by atoms with Crippen molar-refractivity contribution >= 4 is 22.6 Å². The van der Waals surface area contributed by atoms with Crippen LogP contribution in [0.3, 0.4) is 0 Å². The Morgan fingerprint density at radius 1 is 1.29 bits per heavy atom. The predicted octanol–water partition coefficient (Wildman–Crippen LogP) is 3.34. The Hall–Kier alpha value is -1.95. The SMILES string of the molecule is CCc1nn(C)cc1-n1c(CCl)nc2c(F)cc(F)cc21. The number of rotatable bonds is 3. The van der Waals surface area contributed by atoms with E-state index >= 15 is 0 Å². The molecule has 0 radical (unpaired) electrons. The average Bonchev–Trinajstić information content (AvgIpc) is 2.98. The van der Waals surface area contributed by atoms with Crippen LogP contribution in [-0.4, -0.2) is 19.3 Å². The van der Waals surface area contributed by atoms with Crippen molar-refractivity contribution in [3.63, 3.8) is 0 Å². The van der Waals surface area contributed by atoms with E-state index in [-0.39, 0.29) is 11.4 Å². The summed E-state index contributed by atoms with van der Waals surface area (Å²) in [7, 11) is 1.79. The predicted molar refractivity (Wildman–Crippen MR) is 76.7 cm³/mol. The molecule has 0 N–H and O–H groups in total. The Morgan fingerprint density at radius 2 is 2.05 bits per heavy atom. The number of hydrogen-bond donors (Lipinski definition) is 0. The highest BCUT2D eigenvalue weighted by Gasteiger charge is 2.19. The lowest BCUT2D eigenvalue weighted by Crippen LogP contribution is -2.01. The van der Waals surface area contributed by atoms with Gasteiger partial charge >= 0.3 is 0 Å². The number of nitrogens with zero attached hydrogens (tertiary/aromatic N) is 4. The standard InChI is InChI=1S/C14H13ClF2N4/c1-3-10-12(7-20(2)19-10)21-11-5-8(16)4-9(17)14(11)18-13(21)6-15/h4-5,7H,3,6H2,1-2H3. The third kappa shape index (κ3) is 2.19. The average molecular weight is 311 g/mol. The zero-order chi connectivity index (χ0) is 15.1. The summed E-state index contributed by atoms with van der Waals surface area (Å²) in [6.45, 7) is 1.96. The number of fused-ring (bicyclic) bond motifs is 1. The number of aromatic nitrogens is 4. The van der Waals surface area contributed by atoms with Crippen molar-refractivity contribution in [2.75, 3.05) is 0 Å². The summed E-state index contributed by atoms with van der Waals surface area (Å²) in [5, 5.41) is 4.35. The topological polar surface area (TPSA) is 35.6 Å². The molecule has 21 heavy (non-hydrogen) atoms. The molecule has 3 aromatic rings. The molecule has 110 valence electrons. The van der Waals surface area contributed by atoms with Crippen molar-refractivity contribution in [2.45, 2.75) is 19.2 Å². The van der Waals surface area contributed by atoms with Crippen LogP contribution in [0, 0.1) is 11.6 Å². The lowest BCUT2D eigenvalue weighted by molar-refractivity contribution is 0.590. The molecule has 0 unspecified atom stereocenters.